The molecule has 3 aliphatic heterocycles. The second-order valence-corrected chi connectivity index (χ2v) is 9.12. The zero-order chi connectivity index (χ0) is 21.9. The third-order valence-corrected chi connectivity index (χ3v) is 6.51. The van der Waals surface area contributed by atoms with Gasteiger partial charge in [0.25, 0.3) is 11.7 Å². The number of amidine groups is 1. The molecule has 0 bridgehead atoms. The average Bonchev–Trinajstić information content (AvgIpc) is 3.44. The Hall–Kier alpha value is -3.08. The number of aromatic amines is 1. The number of piperidine rings is 1. The summed E-state index contributed by atoms with van der Waals surface area (Å²) in [5.74, 6) is 2.79. The van der Waals surface area contributed by atoms with Gasteiger partial charge < -0.3 is 10.6 Å². The number of benzene rings is 1. The van der Waals surface area contributed by atoms with E-state index in [1.165, 1.54) is 0 Å². The molecule has 0 spiro atoms. The van der Waals surface area contributed by atoms with Gasteiger partial charge in [-0.15, -0.1) is 0 Å². The number of H-pyrrole nitrogens is 1. The molecule has 0 unspecified atom stereocenters. The molecule has 4 N–H and O–H groups in total. The Kier molecular flexibility index (Phi) is 5.97. The number of hydrogen-bond acceptors (Lipinski definition) is 8. The van der Waals surface area contributed by atoms with Crippen LogP contribution in [0.4, 0.5) is 11.5 Å². The molecule has 1 aromatic carbocycles. The molecule has 1 aromatic heterocycles. The number of aryl methyl sites for hydroxylation is 1. The summed E-state index contributed by atoms with van der Waals surface area (Å²) >= 11 is 1.62. The van der Waals surface area contributed by atoms with Crippen LogP contribution in [0.15, 0.2) is 64.6 Å². The highest BCUT2D eigenvalue weighted by Crippen LogP contribution is 2.29. The van der Waals surface area contributed by atoms with Crippen LogP contribution in [0.25, 0.3) is 0 Å². The van der Waals surface area contributed by atoms with Crippen molar-refractivity contribution in [1.82, 2.24) is 24.7 Å². The number of anilines is 2. The van der Waals surface area contributed by atoms with E-state index in [2.05, 4.69) is 41.6 Å². The minimum Gasteiger partial charge on any atom is -0.326 e. The molecule has 1 amide bonds. The second kappa shape index (κ2) is 9.19. The maximum absolute atomic E-state index is 12.5. The first-order valence-electron chi connectivity index (χ1n) is 10.7. The molecule has 0 saturated carbocycles. The first kappa shape index (κ1) is 20.8. The Morgan fingerprint density at radius 3 is 2.81 bits per heavy atom. The number of nitrogens with zero attached hydrogens (tertiary/aromatic N) is 4. The lowest BCUT2D eigenvalue weighted by molar-refractivity contribution is -0.120. The second-order valence-electron chi connectivity index (χ2n) is 7.99. The van der Waals surface area contributed by atoms with E-state index < -0.39 is 0 Å². The van der Waals surface area contributed by atoms with Gasteiger partial charge in [0.2, 0.25) is 5.91 Å². The lowest BCUT2D eigenvalue weighted by Gasteiger charge is -2.24. The summed E-state index contributed by atoms with van der Waals surface area (Å²) in [6.45, 7) is 4.46. The van der Waals surface area contributed by atoms with Gasteiger partial charge in [-0.3, -0.25) is 19.5 Å². The number of carbonyl (C=O) groups is 1. The SMILES string of the molecule is Cc1cc(NC2=CN(Sc3ccc(NC(=O)C4CCNCC4)cc3)CC3=NC=C[N+]23)n[nH]1. The first-order chi connectivity index (χ1) is 15.6. The average molecular weight is 451 g/mol. The molecule has 1 radical (unpaired) electrons. The summed E-state index contributed by atoms with van der Waals surface area (Å²) in [5.41, 5.74) is 1.83. The van der Waals surface area contributed by atoms with Crippen LogP contribution >= 0.6 is 11.9 Å². The van der Waals surface area contributed by atoms with E-state index in [0.29, 0.717) is 6.54 Å². The maximum atomic E-state index is 12.5. The van der Waals surface area contributed by atoms with Crippen molar-refractivity contribution in [3.8, 4) is 0 Å². The molecule has 1 saturated heterocycles. The lowest BCUT2D eigenvalue weighted by Crippen LogP contribution is -2.42. The number of fused-ring (bicyclic) bond motifs is 1. The molecular formula is C22H26N8OS+. The van der Waals surface area contributed by atoms with Crippen molar-refractivity contribution in [1.29, 1.82) is 0 Å². The molecular weight excluding hydrogens is 424 g/mol. The predicted molar refractivity (Wildman–Crippen MR) is 127 cm³/mol. The fourth-order valence-electron chi connectivity index (χ4n) is 3.88. The van der Waals surface area contributed by atoms with Crippen molar-refractivity contribution in [3.05, 3.63) is 60.4 Å². The van der Waals surface area contributed by atoms with E-state index in [0.717, 1.165) is 59.7 Å². The predicted octanol–water partition coefficient (Wildman–Crippen LogP) is 2.91. The quantitative estimate of drug-likeness (QED) is 0.399. The summed E-state index contributed by atoms with van der Waals surface area (Å²) in [4.78, 5) is 20.1. The summed E-state index contributed by atoms with van der Waals surface area (Å²) in [7, 11) is 0. The van der Waals surface area contributed by atoms with Crippen molar-refractivity contribution in [2.45, 2.75) is 24.7 Å². The Balaban J connectivity index is 1.24. The highest BCUT2D eigenvalue weighted by atomic mass is 32.2. The standard InChI is InChI=1S/C22H26N8OS/c1-15-12-19(28-27-15)26-21-14-29(13-20-24-10-11-30(20)21)32-18-4-2-17(3-5-18)25-22(31)16-6-8-23-9-7-16/h2-5,10-12,14,16,23H,6-9,13H2,1H3,(H,25,31)(H2,26,27,28)/q+1. The van der Waals surface area contributed by atoms with Crippen LogP contribution in [0, 0.1) is 12.8 Å². The fraction of sp³-hybridized carbons (Fsp3) is 0.318. The Morgan fingerprint density at radius 2 is 2.06 bits per heavy atom. The first-order valence-corrected chi connectivity index (χ1v) is 11.5. The normalized spacial score (nSPS) is 18.8. The van der Waals surface area contributed by atoms with E-state index in [9.17, 15) is 4.79 Å². The van der Waals surface area contributed by atoms with E-state index in [4.69, 9.17) is 0 Å². The number of hydrogen-bond donors (Lipinski definition) is 4. The van der Waals surface area contributed by atoms with Crippen LogP contribution in [0.5, 0.6) is 0 Å². The smallest absolute Gasteiger partial charge is 0.285 e. The number of rotatable bonds is 6. The molecule has 2 aromatic rings. The fourth-order valence-corrected chi connectivity index (χ4v) is 4.74. The van der Waals surface area contributed by atoms with E-state index in [1.807, 2.05) is 48.4 Å². The van der Waals surface area contributed by atoms with Crippen molar-refractivity contribution in [2.24, 2.45) is 10.9 Å². The van der Waals surface area contributed by atoms with Gasteiger partial charge in [-0.2, -0.15) is 10.1 Å². The molecule has 9 nitrogen and oxygen atoms in total. The molecule has 0 atom stereocenters. The summed E-state index contributed by atoms with van der Waals surface area (Å²) in [6.07, 6.45) is 7.58. The number of carbonyl (C=O) groups excluding carboxylic acids is 1. The van der Waals surface area contributed by atoms with Crippen LogP contribution in [0.3, 0.4) is 0 Å². The third kappa shape index (κ3) is 4.72. The Morgan fingerprint density at radius 1 is 1.25 bits per heavy atom. The molecule has 1 fully saturated rings. The molecule has 165 valence electrons. The molecule has 0 aliphatic carbocycles. The number of aromatic nitrogens is 2. The topological polar surface area (TPSA) is 103 Å². The highest BCUT2D eigenvalue weighted by Gasteiger charge is 2.37. The van der Waals surface area contributed by atoms with E-state index in [1.54, 1.807) is 18.1 Å². The van der Waals surface area contributed by atoms with Gasteiger partial charge in [0.1, 0.15) is 6.54 Å². The summed E-state index contributed by atoms with van der Waals surface area (Å²) in [5, 5.41) is 16.9. The van der Waals surface area contributed by atoms with Gasteiger partial charge in [-0.1, -0.05) is 0 Å². The Labute approximate surface area is 191 Å². The Bertz CT molecular complexity index is 1070. The summed E-state index contributed by atoms with van der Waals surface area (Å²) < 4.78 is 2.13. The van der Waals surface area contributed by atoms with Crippen molar-refractivity contribution in [3.63, 3.8) is 0 Å². The zero-order valence-electron chi connectivity index (χ0n) is 17.8. The molecule has 3 aliphatic rings. The maximum Gasteiger partial charge on any atom is 0.285 e. The van der Waals surface area contributed by atoms with Gasteiger partial charge >= 0.3 is 0 Å². The van der Waals surface area contributed by atoms with Gasteiger partial charge in [0, 0.05) is 28.3 Å². The van der Waals surface area contributed by atoms with Gasteiger partial charge in [-0.25, -0.2) is 0 Å². The molecule has 10 heteroatoms. The van der Waals surface area contributed by atoms with Crippen LogP contribution in [-0.4, -0.2) is 45.9 Å². The van der Waals surface area contributed by atoms with Gasteiger partial charge in [-0.05, 0) is 74.0 Å². The minimum atomic E-state index is 0.0942. The highest BCUT2D eigenvalue weighted by molar-refractivity contribution is 7.97. The van der Waals surface area contributed by atoms with E-state index >= 15 is 0 Å². The molecule has 4 heterocycles. The van der Waals surface area contributed by atoms with Crippen molar-refractivity contribution in [2.75, 3.05) is 30.3 Å². The van der Waals surface area contributed by atoms with Crippen LogP contribution in [-0.2, 0) is 4.79 Å². The van der Waals surface area contributed by atoms with E-state index in [-0.39, 0.29) is 11.8 Å². The van der Waals surface area contributed by atoms with Crippen molar-refractivity contribution >= 4 is 35.2 Å². The molecule has 5 rings (SSSR count). The van der Waals surface area contributed by atoms with Crippen LogP contribution in [0.2, 0.25) is 0 Å². The van der Waals surface area contributed by atoms with Crippen LogP contribution in [0.1, 0.15) is 18.5 Å². The van der Waals surface area contributed by atoms with Crippen molar-refractivity contribution < 1.29 is 4.79 Å². The summed E-state index contributed by atoms with van der Waals surface area (Å²) in [6, 6.07) is 9.94. The lowest BCUT2D eigenvalue weighted by atomic mass is 9.97. The number of nitrogens with one attached hydrogen (secondary N) is 4. The van der Waals surface area contributed by atoms with Crippen LogP contribution < -0.4 is 20.9 Å². The monoisotopic (exact) mass is 450 g/mol. The van der Waals surface area contributed by atoms with Gasteiger partial charge in [0.15, 0.2) is 12.0 Å². The zero-order valence-corrected chi connectivity index (χ0v) is 18.7. The minimum absolute atomic E-state index is 0.0942. The third-order valence-electron chi connectivity index (χ3n) is 5.56. The molecule has 32 heavy (non-hydrogen) atoms. The largest absolute Gasteiger partial charge is 0.326 e. The number of aliphatic imine (C=N–C) groups is 1. The number of amides is 1. The van der Waals surface area contributed by atoms with Gasteiger partial charge in [0.05, 0.1) is 12.4 Å².